The van der Waals surface area contributed by atoms with Crippen molar-refractivity contribution in [1.82, 2.24) is 5.32 Å². The van der Waals surface area contributed by atoms with E-state index in [1.165, 1.54) is 18.2 Å². The predicted octanol–water partition coefficient (Wildman–Crippen LogP) is 3.72. The number of benzene rings is 2. The first-order valence-corrected chi connectivity index (χ1v) is 6.28. The zero-order chi connectivity index (χ0) is 16.3. The molecule has 2 aromatic carbocycles. The van der Waals surface area contributed by atoms with Gasteiger partial charge in [-0.1, -0.05) is 23.7 Å². The van der Waals surface area contributed by atoms with Crippen molar-refractivity contribution in [3.05, 3.63) is 64.4 Å². The maximum Gasteiger partial charge on any atom is 0.326 e. The molecule has 8 heteroatoms. The highest BCUT2D eigenvalue weighted by Gasteiger charge is 2.19. The van der Waals surface area contributed by atoms with Crippen molar-refractivity contribution >= 4 is 29.2 Å². The van der Waals surface area contributed by atoms with Crippen LogP contribution in [0.15, 0.2) is 36.4 Å². The third-order valence-corrected chi connectivity index (χ3v) is 2.91. The third kappa shape index (κ3) is 3.37. The summed E-state index contributed by atoms with van der Waals surface area (Å²) in [7, 11) is 0. The van der Waals surface area contributed by atoms with E-state index in [0.29, 0.717) is 0 Å². The average Bonchev–Trinajstić information content (AvgIpc) is 2.43. The van der Waals surface area contributed by atoms with Gasteiger partial charge in [0, 0.05) is 0 Å². The molecule has 2 rings (SSSR count). The normalized spacial score (nSPS) is 10.2. The van der Waals surface area contributed by atoms with Gasteiger partial charge in [-0.2, -0.15) is 0 Å². The molecule has 0 spiro atoms. The maximum atomic E-state index is 13.6. The lowest BCUT2D eigenvalue weighted by molar-refractivity contribution is 0.0959. The Hall–Kier alpha value is -2.54. The lowest BCUT2D eigenvalue weighted by Gasteiger charge is -2.09. The standard InChI is InChI=1S/C14H8ClF3N2O2/c15-7-3-1-6-10(12(7)18)19-14(22)20-13(21)11-8(16)4-2-5-9(11)17/h1-6H,(H2,19,20,21,22). The van der Waals surface area contributed by atoms with Gasteiger partial charge in [0.05, 0.1) is 10.7 Å². The second-order valence-electron chi connectivity index (χ2n) is 4.11. The van der Waals surface area contributed by atoms with E-state index in [4.69, 9.17) is 11.6 Å². The zero-order valence-electron chi connectivity index (χ0n) is 10.8. The molecule has 2 N–H and O–H groups in total. The summed E-state index contributed by atoms with van der Waals surface area (Å²) in [6.45, 7) is 0. The molecule has 4 nitrogen and oxygen atoms in total. The van der Waals surface area contributed by atoms with Crippen molar-refractivity contribution in [2.75, 3.05) is 5.32 Å². The monoisotopic (exact) mass is 328 g/mol. The van der Waals surface area contributed by atoms with E-state index in [1.807, 2.05) is 5.32 Å². The number of carbonyl (C=O) groups is 2. The van der Waals surface area contributed by atoms with E-state index in [9.17, 15) is 22.8 Å². The summed E-state index contributed by atoms with van der Waals surface area (Å²) >= 11 is 5.53. The Morgan fingerprint density at radius 2 is 1.55 bits per heavy atom. The van der Waals surface area contributed by atoms with Crippen molar-refractivity contribution in [2.45, 2.75) is 0 Å². The second kappa shape index (κ2) is 6.48. The van der Waals surface area contributed by atoms with Crippen LogP contribution >= 0.6 is 11.6 Å². The molecule has 2 aromatic rings. The highest BCUT2D eigenvalue weighted by molar-refractivity contribution is 6.31. The van der Waals surface area contributed by atoms with Crippen LogP contribution in [-0.2, 0) is 0 Å². The predicted molar refractivity (Wildman–Crippen MR) is 74.3 cm³/mol. The van der Waals surface area contributed by atoms with Crippen LogP contribution < -0.4 is 10.6 Å². The molecule has 114 valence electrons. The van der Waals surface area contributed by atoms with Gasteiger partial charge in [-0.05, 0) is 24.3 Å². The van der Waals surface area contributed by atoms with Gasteiger partial charge in [-0.15, -0.1) is 0 Å². The maximum absolute atomic E-state index is 13.6. The molecule has 22 heavy (non-hydrogen) atoms. The number of rotatable bonds is 2. The highest BCUT2D eigenvalue weighted by Crippen LogP contribution is 2.21. The van der Waals surface area contributed by atoms with Crippen molar-refractivity contribution in [2.24, 2.45) is 0 Å². The minimum absolute atomic E-state index is 0.232. The molecule has 0 radical (unpaired) electrons. The molecular formula is C14H8ClF3N2O2. The van der Waals surface area contributed by atoms with Crippen LogP contribution in [0.1, 0.15) is 10.4 Å². The van der Waals surface area contributed by atoms with E-state index in [0.717, 1.165) is 18.2 Å². The molecule has 0 aliphatic heterocycles. The summed E-state index contributed by atoms with van der Waals surface area (Å²) in [5.41, 5.74) is -1.20. The van der Waals surface area contributed by atoms with E-state index < -0.39 is 35.0 Å². The van der Waals surface area contributed by atoms with E-state index in [1.54, 1.807) is 5.32 Å². The molecule has 0 unspecified atom stereocenters. The van der Waals surface area contributed by atoms with E-state index >= 15 is 0 Å². The minimum atomic E-state index is -1.30. The number of halogens is 4. The first-order chi connectivity index (χ1) is 10.4. The molecule has 0 saturated heterocycles. The van der Waals surface area contributed by atoms with Gasteiger partial charge in [0.25, 0.3) is 5.91 Å². The van der Waals surface area contributed by atoms with Crippen LogP contribution in [-0.4, -0.2) is 11.9 Å². The quantitative estimate of drug-likeness (QED) is 0.882. The molecular weight excluding hydrogens is 321 g/mol. The molecule has 0 fully saturated rings. The van der Waals surface area contributed by atoms with E-state index in [-0.39, 0.29) is 10.7 Å². The summed E-state index contributed by atoms with van der Waals surface area (Å²) in [4.78, 5) is 23.3. The smallest absolute Gasteiger partial charge is 0.305 e. The lowest BCUT2D eigenvalue weighted by Crippen LogP contribution is -2.35. The first-order valence-electron chi connectivity index (χ1n) is 5.90. The van der Waals surface area contributed by atoms with Gasteiger partial charge in [-0.25, -0.2) is 18.0 Å². The Morgan fingerprint density at radius 3 is 2.18 bits per heavy atom. The second-order valence-corrected chi connectivity index (χ2v) is 4.51. The lowest BCUT2D eigenvalue weighted by atomic mass is 10.2. The van der Waals surface area contributed by atoms with Crippen LogP contribution in [0.25, 0.3) is 0 Å². The molecule has 0 atom stereocenters. The van der Waals surface area contributed by atoms with Gasteiger partial charge in [0.2, 0.25) is 0 Å². The Labute approximate surface area is 127 Å². The average molecular weight is 329 g/mol. The molecule has 3 amide bonds. The fourth-order valence-electron chi connectivity index (χ4n) is 1.63. The van der Waals surface area contributed by atoms with Gasteiger partial charge in [0.15, 0.2) is 5.82 Å². The third-order valence-electron chi connectivity index (χ3n) is 2.62. The zero-order valence-corrected chi connectivity index (χ0v) is 11.5. The summed E-state index contributed by atoms with van der Waals surface area (Å²) in [6.07, 6.45) is 0. The fraction of sp³-hybridized carbons (Fsp3) is 0. The van der Waals surface area contributed by atoms with E-state index in [2.05, 4.69) is 0 Å². The molecule has 0 bridgehead atoms. The first kappa shape index (κ1) is 15.8. The number of amides is 3. The largest absolute Gasteiger partial charge is 0.326 e. The Balaban J connectivity index is 2.12. The summed E-state index contributed by atoms with van der Waals surface area (Å²) in [5, 5.41) is 3.48. The number of imide groups is 1. The summed E-state index contributed by atoms with van der Waals surface area (Å²) < 4.78 is 40.3. The SMILES string of the molecule is O=C(NC(=O)c1c(F)cccc1F)Nc1cccc(Cl)c1F. The van der Waals surface area contributed by atoms with Crippen molar-refractivity contribution in [3.8, 4) is 0 Å². The Bertz CT molecular complexity index is 733. The molecule has 0 aliphatic rings. The van der Waals surface area contributed by atoms with Crippen molar-refractivity contribution in [1.29, 1.82) is 0 Å². The number of carbonyl (C=O) groups excluding carboxylic acids is 2. The number of urea groups is 1. The Morgan fingerprint density at radius 1 is 0.955 bits per heavy atom. The number of anilines is 1. The van der Waals surface area contributed by atoms with Crippen LogP contribution in [0.2, 0.25) is 5.02 Å². The van der Waals surface area contributed by atoms with Crippen molar-refractivity contribution < 1.29 is 22.8 Å². The highest BCUT2D eigenvalue weighted by atomic mass is 35.5. The number of nitrogens with one attached hydrogen (secondary N) is 2. The molecule has 0 saturated carbocycles. The van der Waals surface area contributed by atoms with Crippen LogP contribution in [0.4, 0.5) is 23.7 Å². The van der Waals surface area contributed by atoms with Crippen LogP contribution in [0, 0.1) is 17.5 Å². The summed E-state index contributed by atoms with van der Waals surface area (Å²) in [5.74, 6) is -4.45. The minimum Gasteiger partial charge on any atom is -0.305 e. The van der Waals surface area contributed by atoms with Crippen LogP contribution in [0.5, 0.6) is 0 Å². The number of hydrogen-bond donors (Lipinski definition) is 2. The fourth-order valence-corrected chi connectivity index (χ4v) is 1.81. The Kier molecular flexibility index (Phi) is 4.67. The molecule has 0 heterocycles. The van der Waals surface area contributed by atoms with Gasteiger partial charge < -0.3 is 5.32 Å². The van der Waals surface area contributed by atoms with Gasteiger partial charge in [0.1, 0.15) is 17.2 Å². The van der Waals surface area contributed by atoms with Crippen molar-refractivity contribution in [3.63, 3.8) is 0 Å². The molecule has 0 aromatic heterocycles. The van der Waals surface area contributed by atoms with Gasteiger partial charge in [-0.3, -0.25) is 10.1 Å². The van der Waals surface area contributed by atoms with Crippen LogP contribution in [0.3, 0.4) is 0 Å². The summed E-state index contributed by atoms with van der Waals surface area (Å²) in [6, 6.07) is 5.49. The topological polar surface area (TPSA) is 58.2 Å². The van der Waals surface area contributed by atoms with Gasteiger partial charge >= 0.3 is 6.03 Å². The number of hydrogen-bond acceptors (Lipinski definition) is 2. The molecule has 0 aliphatic carbocycles.